The lowest BCUT2D eigenvalue weighted by molar-refractivity contribution is -0.124. The van der Waals surface area contributed by atoms with E-state index in [0.29, 0.717) is 26.2 Å². The number of likely N-dealkylation sites (N-methyl/N-ethyl adjacent to an activating group) is 1. The number of carbonyl (C=O) groups is 1. The zero-order valence-corrected chi connectivity index (χ0v) is 11.5. The van der Waals surface area contributed by atoms with E-state index in [-0.39, 0.29) is 12.0 Å². The van der Waals surface area contributed by atoms with Gasteiger partial charge < -0.3 is 20.5 Å². The highest BCUT2D eigenvalue weighted by Crippen LogP contribution is 2.14. The van der Waals surface area contributed by atoms with Gasteiger partial charge in [0.05, 0.1) is 18.2 Å². The number of rotatable bonds is 8. The molecule has 5 heteroatoms. The molecule has 0 aliphatic carbocycles. The molecule has 0 aromatic heterocycles. The van der Waals surface area contributed by atoms with Crippen molar-refractivity contribution in [3.8, 4) is 0 Å². The van der Waals surface area contributed by atoms with E-state index in [1.165, 1.54) is 6.42 Å². The number of ether oxygens (including phenoxy) is 2. The van der Waals surface area contributed by atoms with Gasteiger partial charge in [0, 0.05) is 13.2 Å². The Bertz CT molecular complexity index is 255. The monoisotopic (exact) mass is 258 g/mol. The minimum atomic E-state index is -0.678. The van der Waals surface area contributed by atoms with Gasteiger partial charge in [-0.05, 0) is 39.2 Å². The molecule has 1 heterocycles. The van der Waals surface area contributed by atoms with Crippen molar-refractivity contribution < 1.29 is 14.3 Å². The maximum absolute atomic E-state index is 11.4. The molecule has 2 atom stereocenters. The fraction of sp³-hybridized carbons (Fsp3) is 0.923. The van der Waals surface area contributed by atoms with Gasteiger partial charge in [-0.15, -0.1) is 0 Å². The summed E-state index contributed by atoms with van der Waals surface area (Å²) in [6.07, 6.45) is 4.24. The van der Waals surface area contributed by atoms with Gasteiger partial charge in [-0.25, -0.2) is 0 Å². The lowest BCUT2D eigenvalue weighted by atomic mass is 9.97. The first-order valence-electron chi connectivity index (χ1n) is 6.83. The summed E-state index contributed by atoms with van der Waals surface area (Å²) in [5.41, 5.74) is 4.72. The van der Waals surface area contributed by atoms with Gasteiger partial charge in [-0.2, -0.15) is 0 Å². The van der Waals surface area contributed by atoms with Crippen LogP contribution in [0.5, 0.6) is 0 Å². The van der Waals surface area contributed by atoms with Crippen molar-refractivity contribution in [1.29, 1.82) is 0 Å². The van der Waals surface area contributed by atoms with Crippen LogP contribution >= 0.6 is 0 Å². The minimum absolute atomic E-state index is 0.220. The maximum Gasteiger partial charge on any atom is 0.237 e. The highest BCUT2D eigenvalue weighted by atomic mass is 16.5. The number of amides is 1. The first-order valence-corrected chi connectivity index (χ1v) is 6.83. The van der Waals surface area contributed by atoms with Crippen molar-refractivity contribution >= 4 is 5.91 Å². The second-order valence-electron chi connectivity index (χ2n) is 5.04. The van der Waals surface area contributed by atoms with E-state index in [1.54, 1.807) is 0 Å². The van der Waals surface area contributed by atoms with Gasteiger partial charge in [0.25, 0.3) is 0 Å². The number of nitrogens with one attached hydrogen (secondary N) is 1. The van der Waals surface area contributed by atoms with E-state index >= 15 is 0 Å². The van der Waals surface area contributed by atoms with Crippen molar-refractivity contribution in [2.75, 3.05) is 26.4 Å². The summed E-state index contributed by atoms with van der Waals surface area (Å²) in [4.78, 5) is 11.4. The molecular weight excluding hydrogens is 232 g/mol. The highest BCUT2D eigenvalue weighted by molar-refractivity contribution is 5.84. The smallest absolute Gasteiger partial charge is 0.237 e. The van der Waals surface area contributed by atoms with E-state index in [9.17, 15) is 4.79 Å². The molecule has 0 bridgehead atoms. The van der Waals surface area contributed by atoms with Crippen molar-refractivity contribution in [2.24, 2.45) is 5.73 Å². The summed E-state index contributed by atoms with van der Waals surface area (Å²) in [6.45, 7) is 6.46. The SMILES string of the molecule is CCNC(C)(CCOCC1CCCCO1)C(N)=O. The molecule has 18 heavy (non-hydrogen) atoms. The number of carbonyl (C=O) groups excluding carboxylic acids is 1. The van der Waals surface area contributed by atoms with E-state index in [2.05, 4.69) is 5.32 Å². The third kappa shape index (κ3) is 4.92. The molecule has 106 valence electrons. The quantitative estimate of drug-likeness (QED) is 0.632. The maximum atomic E-state index is 11.4. The Balaban J connectivity index is 2.20. The Morgan fingerprint density at radius 2 is 2.33 bits per heavy atom. The third-order valence-corrected chi connectivity index (χ3v) is 3.43. The lowest BCUT2D eigenvalue weighted by Crippen LogP contribution is -2.53. The Kier molecular flexibility index (Phi) is 6.60. The number of nitrogens with two attached hydrogens (primary N) is 1. The second-order valence-corrected chi connectivity index (χ2v) is 5.04. The topological polar surface area (TPSA) is 73.6 Å². The Morgan fingerprint density at radius 1 is 1.56 bits per heavy atom. The predicted molar refractivity (Wildman–Crippen MR) is 70.3 cm³/mol. The van der Waals surface area contributed by atoms with Crippen LogP contribution in [0.3, 0.4) is 0 Å². The molecule has 1 rings (SSSR count). The van der Waals surface area contributed by atoms with Crippen LogP contribution in [-0.4, -0.2) is 43.9 Å². The molecule has 1 aliphatic heterocycles. The normalized spacial score (nSPS) is 23.6. The molecule has 1 fully saturated rings. The van der Waals surface area contributed by atoms with Gasteiger partial charge in [0.15, 0.2) is 0 Å². The summed E-state index contributed by atoms with van der Waals surface area (Å²) < 4.78 is 11.2. The minimum Gasteiger partial charge on any atom is -0.379 e. The molecule has 0 aromatic carbocycles. The number of primary amides is 1. The van der Waals surface area contributed by atoms with Gasteiger partial charge in [-0.3, -0.25) is 4.79 Å². The summed E-state index contributed by atoms with van der Waals surface area (Å²) >= 11 is 0. The van der Waals surface area contributed by atoms with Crippen LogP contribution in [0.1, 0.15) is 39.5 Å². The van der Waals surface area contributed by atoms with Crippen LogP contribution in [0, 0.1) is 0 Å². The Hall–Kier alpha value is -0.650. The summed E-state index contributed by atoms with van der Waals surface area (Å²) in [5.74, 6) is -0.332. The van der Waals surface area contributed by atoms with Crippen LogP contribution in [0.15, 0.2) is 0 Å². The summed E-state index contributed by atoms with van der Waals surface area (Å²) in [6, 6.07) is 0. The fourth-order valence-electron chi connectivity index (χ4n) is 2.12. The van der Waals surface area contributed by atoms with Gasteiger partial charge in [0.1, 0.15) is 0 Å². The molecule has 0 spiro atoms. The first kappa shape index (κ1) is 15.4. The first-order chi connectivity index (χ1) is 8.58. The molecule has 1 amide bonds. The van der Waals surface area contributed by atoms with Crippen LogP contribution in [0.25, 0.3) is 0 Å². The van der Waals surface area contributed by atoms with Crippen LogP contribution in [0.4, 0.5) is 0 Å². The van der Waals surface area contributed by atoms with E-state index in [1.807, 2.05) is 13.8 Å². The average Bonchev–Trinajstić information content (AvgIpc) is 2.36. The zero-order chi connectivity index (χ0) is 13.4. The van der Waals surface area contributed by atoms with E-state index < -0.39 is 5.54 Å². The van der Waals surface area contributed by atoms with Gasteiger partial charge in [-0.1, -0.05) is 6.92 Å². The van der Waals surface area contributed by atoms with Crippen LogP contribution < -0.4 is 11.1 Å². The molecule has 0 radical (unpaired) electrons. The Labute approximate surface area is 109 Å². The number of hydrogen-bond donors (Lipinski definition) is 2. The number of hydrogen-bond acceptors (Lipinski definition) is 4. The van der Waals surface area contributed by atoms with Gasteiger partial charge >= 0.3 is 0 Å². The Morgan fingerprint density at radius 3 is 2.89 bits per heavy atom. The van der Waals surface area contributed by atoms with Crippen molar-refractivity contribution in [3.05, 3.63) is 0 Å². The van der Waals surface area contributed by atoms with Crippen molar-refractivity contribution in [2.45, 2.75) is 51.2 Å². The molecule has 1 saturated heterocycles. The molecule has 0 saturated carbocycles. The average molecular weight is 258 g/mol. The fourth-order valence-corrected chi connectivity index (χ4v) is 2.12. The second kappa shape index (κ2) is 7.71. The molecular formula is C13H26N2O3. The standard InChI is InChI=1S/C13H26N2O3/c1-3-15-13(2,12(14)16)7-9-17-10-11-6-4-5-8-18-11/h11,15H,3-10H2,1-2H3,(H2,14,16). The zero-order valence-electron chi connectivity index (χ0n) is 11.5. The largest absolute Gasteiger partial charge is 0.379 e. The molecule has 2 unspecified atom stereocenters. The summed E-state index contributed by atoms with van der Waals surface area (Å²) in [5, 5.41) is 3.11. The van der Waals surface area contributed by atoms with E-state index in [0.717, 1.165) is 19.4 Å². The van der Waals surface area contributed by atoms with E-state index in [4.69, 9.17) is 15.2 Å². The van der Waals surface area contributed by atoms with Crippen LogP contribution in [-0.2, 0) is 14.3 Å². The third-order valence-electron chi connectivity index (χ3n) is 3.43. The molecule has 3 N–H and O–H groups in total. The van der Waals surface area contributed by atoms with Gasteiger partial charge in [0.2, 0.25) is 5.91 Å². The van der Waals surface area contributed by atoms with Crippen molar-refractivity contribution in [3.63, 3.8) is 0 Å². The lowest BCUT2D eigenvalue weighted by Gasteiger charge is -2.27. The molecule has 1 aliphatic rings. The molecule has 0 aromatic rings. The van der Waals surface area contributed by atoms with Crippen molar-refractivity contribution in [1.82, 2.24) is 5.32 Å². The highest BCUT2D eigenvalue weighted by Gasteiger charge is 2.29. The molecule has 5 nitrogen and oxygen atoms in total. The summed E-state index contributed by atoms with van der Waals surface area (Å²) in [7, 11) is 0. The van der Waals surface area contributed by atoms with Crippen LogP contribution in [0.2, 0.25) is 0 Å². The predicted octanol–water partition coefficient (Wildman–Crippen LogP) is 0.816.